The Kier molecular flexibility index (Phi) is 6.07. The number of quaternary nitrogens is 1. The van der Waals surface area contributed by atoms with Gasteiger partial charge >= 0.3 is 12.2 Å². The molecule has 9 heteroatoms. The van der Waals surface area contributed by atoms with E-state index in [1.54, 1.807) is 30.3 Å². The Morgan fingerprint density at radius 2 is 1.69 bits per heavy atom. The molecule has 2 aromatic carbocycles. The number of hydrogen-bond acceptors (Lipinski definition) is 3. The number of imide groups is 1. The number of urea groups is 1. The molecule has 0 aromatic heterocycles. The number of nitrogens with two attached hydrogens (primary N) is 1. The van der Waals surface area contributed by atoms with Gasteiger partial charge in [0.1, 0.15) is 0 Å². The van der Waals surface area contributed by atoms with Gasteiger partial charge in [-0.3, -0.25) is 10.1 Å². The van der Waals surface area contributed by atoms with Crippen molar-refractivity contribution >= 4 is 17.6 Å². The Labute approximate surface area is 166 Å². The van der Waals surface area contributed by atoms with Crippen molar-refractivity contribution in [2.24, 2.45) is 5.73 Å². The van der Waals surface area contributed by atoms with Crippen LogP contribution in [0.3, 0.4) is 0 Å². The van der Waals surface area contributed by atoms with E-state index in [1.807, 2.05) is 11.0 Å². The third-order valence-corrected chi connectivity index (χ3v) is 4.99. The molecule has 6 nitrogen and oxygen atoms in total. The topological polar surface area (TPSA) is 79.9 Å². The van der Waals surface area contributed by atoms with E-state index in [2.05, 4.69) is 5.32 Å². The Bertz CT molecular complexity index is 866. The first-order valence-corrected chi connectivity index (χ1v) is 9.18. The highest BCUT2D eigenvalue weighted by atomic mass is 19.4. The number of nitrogens with zero attached hydrogens (tertiary/aromatic N) is 1. The first kappa shape index (κ1) is 20.7. The lowest BCUT2D eigenvalue weighted by Gasteiger charge is -2.37. The zero-order valence-electron chi connectivity index (χ0n) is 15.6. The van der Waals surface area contributed by atoms with Crippen molar-refractivity contribution in [2.45, 2.75) is 12.2 Å². The second-order valence-electron chi connectivity index (χ2n) is 6.89. The maximum absolute atomic E-state index is 13.0. The van der Waals surface area contributed by atoms with Crippen LogP contribution in [0.15, 0.2) is 54.6 Å². The standard InChI is InChI=1S/C20H21F3N4O2/c21-20(22,23)15-7-4-8-16(13-15)26-9-11-27(12-10-26)17(18(28)25-19(24)29)14-5-2-1-3-6-14/h1-8,13,17H,9-12H2,(H3,24,25,28,29)/p+1/t17-/m1/s1. The minimum absolute atomic E-state index is 0.476. The molecule has 1 saturated heterocycles. The van der Waals surface area contributed by atoms with Crippen molar-refractivity contribution in [2.75, 3.05) is 31.1 Å². The fraction of sp³-hybridized carbons (Fsp3) is 0.300. The summed E-state index contributed by atoms with van der Waals surface area (Å²) in [6.07, 6.45) is -4.39. The van der Waals surface area contributed by atoms with Crippen molar-refractivity contribution in [3.05, 3.63) is 65.7 Å². The third kappa shape index (κ3) is 5.05. The fourth-order valence-electron chi connectivity index (χ4n) is 3.63. The van der Waals surface area contributed by atoms with Crippen LogP contribution in [-0.2, 0) is 11.0 Å². The van der Waals surface area contributed by atoms with Gasteiger partial charge < -0.3 is 15.5 Å². The monoisotopic (exact) mass is 407 g/mol. The number of halogens is 3. The maximum atomic E-state index is 13.0. The molecule has 1 fully saturated rings. The smallest absolute Gasteiger partial charge is 0.360 e. The summed E-state index contributed by atoms with van der Waals surface area (Å²) in [5.41, 5.74) is 5.66. The Balaban J connectivity index is 1.75. The van der Waals surface area contributed by atoms with Gasteiger partial charge in [-0.05, 0) is 18.2 Å². The molecular formula is C20H22F3N4O2+. The second-order valence-corrected chi connectivity index (χ2v) is 6.89. The van der Waals surface area contributed by atoms with E-state index in [1.165, 1.54) is 6.07 Å². The molecule has 0 aliphatic carbocycles. The summed E-state index contributed by atoms with van der Waals surface area (Å²) in [7, 11) is 0. The summed E-state index contributed by atoms with van der Waals surface area (Å²) in [4.78, 5) is 26.5. The van der Waals surface area contributed by atoms with Crippen molar-refractivity contribution < 1.29 is 27.7 Å². The number of piperazine rings is 1. The summed E-state index contributed by atoms with van der Waals surface area (Å²) in [6, 6.07) is 12.7. The molecule has 154 valence electrons. The van der Waals surface area contributed by atoms with Crippen molar-refractivity contribution in [3.63, 3.8) is 0 Å². The molecule has 0 radical (unpaired) electrons. The maximum Gasteiger partial charge on any atom is 0.416 e. The van der Waals surface area contributed by atoms with E-state index in [9.17, 15) is 22.8 Å². The molecule has 0 bridgehead atoms. The van der Waals surface area contributed by atoms with Crippen LogP contribution in [0.5, 0.6) is 0 Å². The second kappa shape index (κ2) is 8.52. The van der Waals surface area contributed by atoms with E-state index in [4.69, 9.17) is 5.73 Å². The third-order valence-electron chi connectivity index (χ3n) is 4.99. The van der Waals surface area contributed by atoms with Gasteiger partial charge in [-0.1, -0.05) is 36.4 Å². The fourth-order valence-corrected chi connectivity index (χ4v) is 3.63. The van der Waals surface area contributed by atoms with E-state index in [-0.39, 0.29) is 0 Å². The summed E-state index contributed by atoms with van der Waals surface area (Å²) >= 11 is 0. The number of rotatable bonds is 4. The molecular weight excluding hydrogens is 385 g/mol. The van der Waals surface area contributed by atoms with Crippen LogP contribution < -0.4 is 20.9 Å². The van der Waals surface area contributed by atoms with Gasteiger partial charge in [0.05, 0.1) is 31.7 Å². The summed E-state index contributed by atoms with van der Waals surface area (Å²) in [6.45, 7) is 1.98. The lowest BCUT2D eigenvalue weighted by Crippen LogP contribution is -3.16. The van der Waals surface area contributed by atoms with Gasteiger partial charge in [-0.2, -0.15) is 13.2 Å². The number of carbonyl (C=O) groups excluding carboxylic acids is 2. The van der Waals surface area contributed by atoms with Crippen LogP contribution in [0, 0.1) is 0 Å². The first-order valence-electron chi connectivity index (χ1n) is 9.18. The highest BCUT2D eigenvalue weighted by Crippen LogP contribution is 2.31. The molecule has 4 N–H and O–H groups in total. The van der Waals surface area contributed by atoms with E-state index >= 15 is 0 Å². The number of hydrogen-bond donors (Lipinski definition) is 3. The largest absolute Gasteiger partial charge is 0.416 e. The number of amides is 3. The van der Waals surface area contributed by atoms with Crippen LogP contribution in [0.25, 0.3) is 0 Å². The van der Waals surface area contributed by atoms with Crippen LogP contribution in [-0.4, -0.2) is 38.1 Å². The van der Waals surface area contributed by atoms with Crippen molar-refractivity contribution in [3.8, 4) is 0 Å². The first-order chi connectivity index (χ1) is 13.8. The Hall–Kier alpha value is -3.07. The van der Waals surface area contributed by atoms with Crippen LogP contribution >= 0.6 is 0 Å². The molecule has 1 aliphatic heterocycles. The molecule has 1 aliphatic rings. The van der Waals surface area contributed by atoms with Gasteiger partial charge in [0.25, 0.3) is 5.91 Å². The Morgan fingerprint density at radius 1 is 1.03 bits per heavy atom. The molecule has 0 unspecified atom stereocenters. The number of primary amides is 1. The van der Waals surface area contributed by atoms with Crippen molar-refractivity contribution in [1.29, 1.82) is 0 Å². The summed E-state index contributed by atoms with van der Waals surface area (Å²) in [5.74, 6) is -0.494. The van der Waals surface area contributed by atoms with Gasteiger partial charge in [0, 0.05) is 11.3 Å². The quantitative estimate of drug-likeness (QED) is 0.716. The van der Waals surface area contributed by atoms with E-state index in [0.29, 0.717) is 31.9 Å². The van der Waals surface area contributed by atoms with Gasteiger partial charge in [0.2, 0.25) is 0 Å². The molecule has 29 heavy (non-hydrogen) atoms. The SMILES string of the molecule is NC(=O)NC(=O)[C@@H](c1ccccc1)[NH+]1CCN(c2cccc(C(F)(F)F)c2)CC1. The zero-order chi connectivity index (χ0) is 21.0. The normalized spacial score (nSPS) is 16.3. The average molecular weight is 407 g/mol. The number of alkyl halides is 3. The van der Waals surface area contributed by atoms with Gasteiger partial charge in [0.15, 0.2) is 6.04 Å². The highest BCUT2D eigenvalue weighted by molar-refractivity contribution is 5.96. The molecule has 1 atom stereocenters. The molecule has 2 aromatic rings. The number of anilines is 1. The Morgan fingerprint density at radius 3 is 2.28 bits per heavy atom. The number of carbonyl (C=O) groups is 2. The number of benzene rings is 2. The summed E-state index contributed by atoms with van der Waals surface area (Å²) in [5, 5.41) is 2.15. The summed E-state index contributed by atoms with van der Waals surface area (Å²) < 4.78 is 38.9. The van der Waals surface area contributed by atoms with Crippen LogP contribution in [0.1, 0.15) is 17.2 Å². The lowest BCUT2D eigenvalue weighted by atomic mass is 10.0. The predicted molar refractivity (Wildman–Crippen MR) is 101 cm³/mol. The minimum Gasteiger partial charge on any atom is -0.360 e. The van der Waals surface area contributed by atoms with Gasteiger partial charge in [-0.25, -0.2) is 4.79 Å². The zero-order valence-corrected chi connectivity index (χ0v) is 15.6. The number of nitrogens with one attached hydrogen (secondary N) is 2. The molecule has 1 heterocycles. The van der Waals surface area contributed by atoms with Gasteiger partial charge in [-0.15, -0.1) is 0 Å². The minimum atomic E-state index is -4.39. The molecule has 3 rings (SSSR count). The van der Waals surface area contributed by atoms with Crippen molar-refractivity contribution in [1.82, 2.24) is 5.32 Å². The van der Waals surface area contributed by atoms with Crippen LogP contribution in [0.4, 0.5) is 23.7 Å². The van der Waals surface area contributed by atoms with E-state index in [0.717, 1.165) is 22.6 Å². The molecule has 0 saturated carbocycles. The van der Waals surface area contributed by atoms with Crippen LogP contribution in [0.2, 0.25) is 0 Å². The predicted octanol–water partition coefficient (Wildman–Crippen LogP) is 1.35. The molecule has 0 spiro atoms. The lowest BCUT2D eigenvalue weighted by molar-refractivity contribution is -0.922. The van der Waals surface area contributed by atoms with E-state index < -0.39 is 29.7 Å². The molecule has 3 amide bonds. The average Bonchev–Trinajstić information content (AvgIpc) is 2.68. The highest BCUT2D eigenvalue weighted by Gasteiger charge is 2.35.